The first-order chi connectivity index (χ1) is 17.5. The summed E-state index contributed by atoms with van der Waals surface area (Å²) in [5.74, 6) is -0.539. The van der Waals surface area contributed by atoms with E-state index in [-0.39, 0.29) is 24.5 Å². The molecule has 0 radical (unpaired) electrons. The topological polar surface area (TPSA) is 73.4 Å². The van der Waals surface area contributed by atoms with E-state index in [0.29, 0.717) is 41.9 Å². The lowest BCUT2D eigenvalue weighted by atomic mass is 10.0. The molecule has 2 saturated heterocycles. The van der Waals surface area contributed by atoms with Gasteiger partial charge < -0.3 is 14.5 Å². The number of piperidine rings is 1. The van der Waals surface area contributed by atoms with Crippen LogP contribution in [0.1, 0.15) is 46.0 Å². The second kappa shape index (κ2) is 10.5. The Hall–Kier alpha value is -3.10. The number of halogens is 1. The molecule has 0 atom stereocenters. The summed E-state index contributed by atoms with van der Waals surface area (Å²) in [6, 6.07) is 13.3. The van der Waals surface area contributed by atoms with E-state index in [1.807, 2.05) is 37.3 Å². The van der Waals surface area contributed by atoms with Crippen LogP contribution < -0.4 is 4.90 Å². The zero-order chi connectivity index (χ0) is 25.2. The third-order valence-corrected chi connectivity index (χ3v) is 7.79. The van der Waals surface area contributed by atoms with E-state index in [4.69, 9.17) is 16.3 Å². The minimum absolute atomic E-state index is 0.156. The number of fused-ring (bicyclic) bond motifs is 1. The first-order valence-corrected chi connectivity index (χ1v) is 13.0. The summed E-state index contributed by atoms with van der Waals surface area (Å²) >= 11 is 6.29. The van der Waals surface area contributed by atoms with E-state index in [9.17, 15) is 14.4 Å². The van der Waals surface area contributed by atoms with Gasteiger partial charge in [-0.05, 0) is 43.5 Å². The minimum atomic E-state index is -0.274. The van der Waals surface area contributed by atoms with E-state index in [1.54, 1.807) is 17.0 Å². The van der Waals surface area contributed by atoms with Crippen LogP contribution in [0.25, 0.3) is 0 Å². The van der Waals surface area contributed by atoms with E-state index in [2.05, 4.69) is 9.80 Å². The largest absolute Gasteiger partial charge is 0.450 e. The average Bonchev–Trinajstić information content (AvgIpc) is 3.15. The van der Waals surface area contributed by atoms with Crippen molar-refractivity contribution in [1.82, 2.24) is 14.7 Å². The highest BCUT2D eigenvalue weighted by Crippen LogP contribution is 2.34. The van der Waals surface area contributed by atoms with Gasteiger partial charge >= 0.3 is 6.09 Å². The van der Waals surface area contributed by atoms with Gasteiger partial charge in [0.2, 0.25) is 0 Å². The lowest BCUT2D eigenvalue weighted by Gasteiger charge is -2.43. The lowest BCUT2D eigenvalue weighted by Crippen LogP contribution is -2.54. The maximum Gasteiger partial charge on any atom is 0.409 e. The molecule has 2 aromatic carbocycles. The average molecular weight is 511 g/mol. The quantitative estimate of drug-likeness (QED) is 0.568. The molecular weight excluding hydrogens is 480 g/mol. The van der Waals surface area contributed by atoms with Crippen LogP contribution in [0.15, 0.2) is 42.5 Å². The molecule has 9 heteroatoms. The number of piperazine rings is 1. The van der Waals surface area contributed by atoms with Crippen LogP contribution in [0, 0.1) is 0 Å². The third kappa shape index (κ3) is 4.67. The van der Waals surface area contributed by atoms with Crippen molar-refractivity contribution in [3.05, 3.63) is 64.2 Å². The van der Waals surface area contributed by atoms with Crippen molar-refractivity contribution in [2.75, 3.05) is 50.8 Å². The van der Waals surface area contributed by atoms with Crippen molar-refractivity contribution in [2.45, 2.75) is 32.4 Å². The Morgan fingerprint density at radius 3 is 2.36 bits per heavy atom. The molecule has 0 aromatic heterocycles. The molecule has 3 heterocycles. The molecule has 0 aliphatic carbocycles. The SMILES string of the molecule is CCOC(=O)N1CCC(N2CCN(c3cccc4c3C(=O)N(Cc3ccccc3Cl)C4=O)CC2)CC1. The van der Waals surface area contributed by atoms with Crippen molar-refractivity contribution in [3.8, 4) is 0 Å². The highest BCUT2D eigenvalue weighted by atomic mass is 35.5. The van der Waals surface area contributed by atoms with Crippen molar-refractivity contribution in [1.29, 1.82) is 0 Å². The van der Waals surface area contributed by atoms with Crippen molar-refractivity contribution in [3.63, 3.8) is 0 Å². The minimum Gasteiger partial charge on any atom is -0.450 e. The number of carbonyl (C=O) groups excluding carboxylic acids is 3. The van der Waals surface area contributed by atoms with Crippen LogP contribution in [0.2, 0.25) is 5.02 Å². The smallest absolute Gasteiger partial charge is 0.409 e. The van der Waals surface area contributed by atoms with Gasteiger partial charge in [0.1, 0.15) is 0 Å². The van der Waals surface area contributed by atoms with Gasteiger partial charge in [-0.3, -0.25) is 19.4 Å². The molecule has 0 saturated carbocycles. The molecule has 2 aromatic rings. The molecule has 0 unspecified atom stereocenters. The fourth-order valence-electron chi connectivity index (χ4n) is 5.48. The molecule has 0 bridgehead atoms. The zero-order valence-corrected chi connectivity index (χ0v) is 21.2. The number of imide groups is 1. The monoisotopic (exact) mass is 510 g/mol. The number of rotatable bonds is 5. The summed E-state index contributed by atoms with van der Waals surface area (Å²) in [5.41, 5.74) is 2.52. The molecular formula is C27H31ClN4O4. The zero-order valence-electron chi connectivity index (χ0n) is 20.5. The molecule has 36 heavy (non-hydrogen) atoms. The third-order valence-electron chi connectivity index (χ3n) is 7.43. The fourth-order valence-corrected chi connectivity index (χ4v) is 5.67. The molecule has 5 rings (SSSR count). The van der Waals surface area contributed by atoms with Gasteiger partial charge in [-0.1, -0.05) is 35.9 Å². The van der Waals surface area contributed by atoms with E-state index < -0.39 is 0 Å². The Labute approximate surface area is 216 Å². The summed E-state index contributed by atoms with van der Waals surface area (Å²) in [7, 11) is 0. The number of amides is 3. The van der Waals surface area contributed by atoms with Crippen molar-refractivity contribution in [2.24, 2.45) is 0 Å². The molecule has 2 fully saturated rings. The normalized spacial score (nSPS) is 19.1. The van der Waals surface area contributed by atoms with Gasteiger partial charge in [-0.2, -0.15) is 0 Å². The number of carbonyl (C=O) groups is 3. The molecule has 3 amide bonds. The highest BCUT2D eigenvalue weighted by molar-refractivity contribution is 6.31. The maximum atomic E-state index is 13.4. The van der Waals surface area contributed by atoms with Crippen LogP contribution in [0.5, 0.6) is 0 Å². The summed E-state index contributed by atoms with van der Waals surface area (Å²) < 4.78 is 5.13. The van der Waals surface area contributed by atoms with Gasteiger partial charge in [0.15, 0.2) is 0 Å². The van der Waals surface area contributed by atoms with Crippen molar-refractivity contribution >= 4 is 35.2 Å². The summed E-state index contributed by atoms with van der Waals surface area (Å²) in [6.45, 7) is 7.12. The van der Waals surface area contributed by atoms with Crippen LogP contribution in [0.3, 0.4) is 0 Å². The van der Waals surface area contributed by atoms with Crippen LogP contribution >= 0.6 is 11.6 Å². The summed E-state index contributed by atoms with van der Waals surface area (Å²) in [4.78, 5) is 46.3. The van der Waals surface area contributed by atoms with Crippen LogP contribution in [-0.2, 0) is 11.3 Å². The molecule has 8 nitrogen and oxygen atoms in total. The Balaban J connectivity index is 1.24. The molecule has 0 spiro atoms. The van der Waals surface area contributed by atoms with Crippen molar-refractivity contribution < 1.29 is 19.1 Å². The van der Waals surface area contributed by atoms with Gasteiger partial charge in [0, 0.05) is 50.3 Å². The Kier molecular flexibility index (Phi) is 7.16. The second-order valence-electron chi connectivity index (χ2n) is 9.43. The number of ether oxygens (including phenoxy) is 1. The maximum absolute atomic E-state index is 13.4. The number of hydrogen-bond acceptors (Lipinski definition) is 6. The van der Waals surface area contributed by atoms with Gasteiger partial charge in [0.05, 0.1) is 30.0 Å². The number of anilines is 1. The molecule has 0 N–H and O–H groups in total. The second-order valence-corrected chi connectivity index (χ2v) is 9.83. The number of likely N-dealkylation sites (tertiary alicyclic amines) is 1. The van der Waals surface area contributed by atoms with Crippen LogP contribution in [-0.4, -0.2) is 84.5 Å². The number of benzene rings is 2. The van der Waals surface area contributed by atoms with E-state index in [1.165, 1.54) is 4.90 Å². The molecule has 190 valence electrons. The molecule has 3 aliphatic rings. The standard InChI is InChI=1S/C27H31ClN4O4/c1-2-36-27(35)31-12-10-20(11-13-31)29-14-16-30(17-15-29)23-9-5-7-21-24(23)26(34)32(25(21)33)18-19-6-3-4-8-22(19)28/h3-9,20H,2,10-18H2,1H3. The van der Waals surface area contributed by atoms with E-state index in [0.717, 1.165) is 50.3 Å². The number of hydrogen-bond donors (Lipinski definition) is 0. The first-order valence-electron chi connectivity index (χ1n) is 12.6. The van der Waals surface area contributed by atoms with Crippen LogP contribution in [0.4, 0.5) is 10.5 Å². The fraction of sp³-hybridized carbons (Fsp3) is 0.444. The summed E-state index contributed by atoms with van der Waals surface area (Å²) in [5, 5.41) is 0.540. The Morgan fingerprint density at radius 1 is 0.944 bits per heavy atom. The first kappa shape index (κ1) is 24.6. The summed E-state index contributed by atoms with van der Waals surface area (Å²) in [6.07, 6.45) is 1.65. The van der Waals surface area contributed by atoms with E-state index >= 15 is 0 Å². The predicted octanol–water partition coefficient (Wildman–Crippen LogP) is 3.88. The highest BCUT2D eigenvalue weighted by Gasteiger charge is 2.39. The van der Waals surface area contributed by atoms with Gasteiger partial charge in [0.25, 0.3) is 11.8 Å². The van der Waals surface area contributed by atoms with Gasteiger partial charge in [-0.15, -0.1) is 0 Å². The Morgan fingerprint density at radius 2 is 1.67 bits per heavy atom. The predicted molar refractivity (Wildman–Crippen MR) is 138 cm³/mol. The van der Waals surface area contributed by atoms with Gasteiger partial charge in [-0.25, -0.2) is 4.79 Å². The molecule has 3 aliphatic heterocycles. The number of nitrogens with zero attached hydrogens (tertiary/aromatic N) is 4. The Bertz CT molecular complexity index is 1160. The lowest BCUT2D eigenvalue weighted by molar-refractivity contribution is 0.0640.